The lowest BCUT2D eigenvalue weighted by molar-refractivity contribution is 0.0561. The van der Waals surface area contributed by atoms with Gasteiger partial charge in [0.05, 0.1) is 18.4 Å². The van der Waals surface area contributed by atoms with Crippen LogP contribution in [0.5, 0.6) is 17.2 Å². The summed E-state index contributed by atoms with van der Waals surface area (Å²) in [6.45, 7) is 5.36. The van der Waals surface area contributed by atoms with E-state index in [-0.39, 0.29) is 6.10 Å². The van der Waals surface area contributed by atoms with Gasteiger partial charge in [0.1, 0.15) is 23.5 Å². The molecule has 0 radical (unpaired) electrons. The van der Waals surface area contributed by atoms with E-state index in [1.165, 1.54) is 0 Å². The molecule has 1 aliphatic rings. The van der Waals surface area contributed by atoms with Crippen molar-refractivity contribution in [2.75, 3.05) is 26.8 Å². The maximum Gasteiger partial charge on any atom is 0.161 e. The summed E-state index contributed by atoms with van der Waals surface area (Å²) in [5, 5.41) is 3.12. The Labute approximate surface area is 175 Å². The molecule has 4 rings (SSSR count). The number of hydrogen-bond acceptors (Lipinski definition) is 6. The molecule has 0 spiro atoms. The van der Waals surface area contributed by atoms with Crippen molar-refractivity contribution in [3.63, 3.8) is 0 Å². The summed E-state index contributed by atoms with van der Waals surface area (Å²) < 4.78 is 17.5. The Balaban J connectivity index is 1.43. The van der Waals surface area contributed by atoms with E-state index in [9.17, 15) is 0 Å². The zero-order valence-corrected chi connectivity index (χ0v) is 17.7. The molecule has 0 saturated heterocycles. The quantitative estimate of drug-likeness (QED) is 0.530. The van der Waals surface area contributed by atoms with Crippen molar-refractivity contribution in [1.29, 1.82) is 0 Å². The summed E-state index contributed by atoms with van der Waals surface area (Å²) in [6, 6.07) is 15.9. The molecule has 6 heteroatoms. The maximum absolute atomic E-state index is 6.15. The fourth-order valence-electron chi connectivity index (χ4n) is 3.55. The fraction of sp³-hybridized carbons (Fsp3) is 0.348. The molecule has 0 bridgehead atoms. The molecule has 2 aromatic carbocycles. The lowest BCUT2D eigenvalue weighted by atomic mass is 10.2. The highest BCUT2D eigenvalue weighted by atomic mass is 32.1. The van der Waals surface area contributed by atoms with Crippen molar-refractivity contribution in [1.82, 2.24) is 9.88 Å². The van der Waals surface area contributed by atoms with Crippen LogP contribution in [0.3, 0.4) is 0 Å². The van der Waals surface area contributed by atoms with E-state index in [2.05, 4.69) is 23.3 Å². The molecule has 1 aromatic heterocycles. The first kappa shape index (κ1) is 19.7. The van der Waals surface area contributed by atoms with Crippen molar-refractivity contribution in [2.24, 2.45) is 0 Å². The number of ether oxygens (including phenoxy) is 3. The molecular formula is C23H26N2O3S. The van der Waals surface area contributed by atoms with Crippen LogP contribution < -0.4 is 14.2 Å². The summed E-state index contributed by atoms with van der Waals surface area (Å²) in [5.74, 6) is 2.50. The van der Waals surface area contributed by atoms with E-state index in [1.807, 2.05) is 42.5 Å². The Morgan fingerprint density at radius 3 is 2.76 bits per heavy atom. The van der Waals surface area contributed by atoms with E-state index >= 15 is 0 Å². The van der Waals surface area contributed by atoms with Gasteiger partial charge < -0.3 is 14.2 Å². The Bertz CT molecular complexity index is 943. The second kappa shape index (κ2) is 9.29. The van der Waals surface area contributed by atoms with Gasteiger partial charge in [-0.1, -0.05) is 31.2 Å². The van der Waals surface area contributed by atoms with E-state index < -0.39 is 0 Å². The van der Waals surface area contributed by atoms with Crippen LogP contribution >= 0.6 is 11.3 Å². The monoisotopic (exact) mass is 410 g/mol. The van der Waals surface area contributed by atoms with Crippen molar-refractivity contribution in [3.8, 4) is 27.8 Å². The Kier molecular flexibility index (Phi) is 6.32. The molecule has 0 fully saturated rings. The van der Waals surface area contributed by atoms with Gasteiger partial charge in [-0.25, -0.2) is 4.98 Å². The van der Waals surface area contributed by atoms with Gasteiger partial charge in [0, 0.05) is 18.5 Å². The van der Waals surface area contributed by atoms with Gasteiger partial charge in [0.25, 0.3) is 0 Å². The number of nitrogens with zero attached hydrogens (tertiary/aromatic N) is 2. The Morgan fingerprint density at radius 2 is 1.93 bits per heavy atom. The largest absolute Gasteiger partial charge is 0.496 e. The molecule has 1 unspecified atom stereocenters. The molecule has 152 valence electrons. The van der Waals surface area contributed by atoms with Crippen LogP contribution in [0.25, 0.3) is 10.6 Å². The van der Waals surface area contributed by atoms with E-state index in [0.717, 1.165) is 59.6 Å². The number of methoxy groups -OCH3 is 1. The van der Waals surface area contributed by atoms with Crippen molar-refractivity contribution >= 4 is 11.3 Å². The smallest absolute Gasteiger partial charge is 0.161 e. The lowest BCUT2D eigenvalue weighted by Crippen LogP contribution is -2.41. The zero-order chi connectivity index (χ0) is 20.1. The molecule has 1 aliphatic heterocycles. The first-order chi connectivity index (χ1) is 14.3. The highest BCUT2D eigenvalue weighted by Gasteiger charge is 2.23. The number of thiazole rings is 1. The highest BCUT2D eigenvalue weighted by Crippen LogP contribution is 2.33. The van der Waals surface area contributed by atoms with Crippen LogP contribution in [-0.2, 0) is 6.54 Å². The van der Waals surface area contributed by atoms with Crippen LogP contribution in [-0.4, -0.2) is 42.8 Å². The number of fused-ring (bicyclic) bond motifs is 1. The predicted octanol–water partition coefficient (Wildman–Crippen LogP) is 4.87. The first-order valence-corrected chi connectivity index (χ1v) is 10.8. The van der Waals surface area contributed by atoms with Crippen molar-refractivity contribution in [2.45, 2.75) is 26.0 Å². The second-order valence-corrected chi connectivity index (χ2v) is 7.94. The number of para-hydroxylation sites is 3. The molecule has 0 N–H and O–H groups in total. The van der Waals surface area contributed by atoms with Crippen molar-refractivity contribution < 1.29 is 14.2 Å². The van der Waals surface area contributed by atoms with Gasteiger partial charge in [-0.05, 0) is 37.2 Å². The van der Waals surface area contributed by atoms with E-state index in [4.69, 9.17) is 19.2 Å². The van der Waals surface area contributed by atoms with E-state index in [1.54, 1.807) is 18.4 Å². The molecule has 0 aliphatic carbocycles. The average Bonchev–Trinajstić information content (AvgIpc) is 3.22. The van der Waals surface area contributed by atoms with Gasteiger partial charge in [-0.2, -0.15) is 0 Å². The number of benzene rings is 2. The first-order valence-electron chi connectivity index (χ1n) is 9.95. The maximum atomic E-state index is 6.15. The van der Waals surface area contributed by atoms with Gasteiger partial charge in [0.15, 0.2) is 11.5 Å². The average molecular weight is 411 g/mol. The Hall–Kier alpha value is -2.57. The number of aromatic nitrogens is 1. The minimum absolute atomic E-state index is 0.0174. The van der Waals surface area contributed by atoms with Gasteiger partial charge in [0.2, 0.25) is 0 Å². The van der Waals surface area contributed by atoms with Gasteiger partial charge >= 0.3 is 0 Å². The summed E-state index contributed by atoms with van der Waals surface area (Å²) >= 11 is 1.66. The number of hydrogen-bond donors (Lipinski definition) is 0. The van der Waals surface area contributed by atoms with Crippen LogP contribution in [0.15, 0.2) is 53.9 Å². The summed E-state index contributed by atoms with van der Waals surface area (Å²) in [6.07, 6.45) is 1.09. The molecule has 29 heavy (non-hydrogen) atoms. The Morgan fingerprint density at radius 1 is 1.14 bits per heavy atom. The van der Waals surface area contributed by atoms with Crippen LogP contribution in [0.4, 0.5) is 0 Å². The van der Waals surface area contributed by atoms with Gasteiger partial charge in [-0.3, -0.25) is 4.90 Å². The lowest BCUT2D eigenvalue weighted by Gasteiger charge is -2.31. The summed E-state index contributed by atoms with van der Waals surface area (Å²) in [4.78, 5) is 7.26. The molecule has 3 aromatic rings. The summed E-state index contributed by atoms with van der Waals surface area (Å²) in [7, 11) is 1.70. The predicted molar refractivity (Wildman–Crippen MR) is 116 cm³/mol. The standard InChI is InChI=1S/C23H26N2O3S/c1-3-12-25(14-18-15-27-21-10-6-7-11-22(21)28-18)13-17-16-29-23(24-17)19-8-4-5-9-20(19)26-2/h4-11,16,18H,3,12-15H2,1-2H3. The molecule has 2 heterocycles. The third-order valence-electron chi connectivity index (χ3n) is 4.84. The molecule has 5 nitrogen and oxygen atoms in total. The fourth-order valence-corrected chi connectivity index (χ4v) is 4.39. The third kappa shape index (κ3) is 4.71. The third-order valence-corrected chi connectivity index (χ3v) is 5.77. The van der Waals surface area contributed by atoms with E-state index in [0.29, 0.717) is 6.61 Å². The normalized spacial score (nSPS) is 15.5. The molecular weight excluding hydrogens is 384 g/mol. The SMILES string of the molecule is CCCN(Cc1csc(-c2ccccc2OC)n1)CC1COc2ccccc2O1. The molecule has 0 saturated carbocycles. The molecule has 1 atom stereocenters. The number of rotatable bonds is 8. The zero-order valence-electron chi connectivity index (χ0n) is 16.8. The minimum atomic E-state index is 0.0174. The minimum Gasteiger partial charge on any atom is -0.496 e. The van der Waals surface area contributed by atoms with Crippen molar-refractivity contribution in [3.05, 3.63) is 59.6 Å². The van der Waals surface area contributed by atoms with Crippen LogP contribution in [0.1, 0.15) is 19.0 Å². The summed E-state index contributed by atoms with van der Waals surface area (Å²) in [5.41, 5.74) is 2.11. The van der Waals surface area contributed by atoms with Crippen LogP contribution in [0.2, 0.25) is 0 Å². The topological polar surface area (TPSA) is 43.8 Å². The van der Waals surface area contributed by atoms with Crippen LogP contribution in [0, 0.1) is 0 Å². The van der Waals surface area contributed by atoms with Gasteiger partial charge in [-0.15, -0.1) is 11.3 Å². The molecule has 0 amide bonds. The second-order valence-electron chi connectivity index (χ2n) is 7.08. The highest BCUT2D eigenvalue weighted by molar-refractivity contribution is 7.13.